The van der Waals surface area contributed by atoms with Gasteiger partial charge in [-0.25, -0.2) is 0 Å². The number of rotatable bonds is 7. The molecule has 1 N–H and O–H groups in total. The molecule has 24 heavy (non-hydrogen) atoms. The van der Waals surface area contributed by atoms with E-state index in [-0.39, 0.29) is 0 Å². The highest BCUT2D eigenvalue weighted by Crippen LogP contribution is 2.26. The number of nitrogens with zero attached hydrogens (tertiary/aromatic N) is 2. The number of pyridine rings is 1. The van der Waals surface area contributed by atoms with Crippen LogP contribution in [0.15, 0.2) is 30.3 Å². The molecule has 0 spiro atoms. The second-order valence-corrected chi connectivity index (χ2v) is 6.64. The Labute approximate surface area is 145 Å². The molecule has 0 radical (unpaired) electrons. The number of hydrogen-bond donors (Lipinski definition) is 1. The number of aryl methyl sites for hydroxylation is 1. The lowest BCUT2D eigenvalue weighted by Gasteiger charge is -2.33. The fraction of sp³-hybridized carbons (Fsp3) is 0.550. The molecule has 0 saturated carbocycles. The molecule has 1 aromatic heterocycles. The Kier molecular flexibility index (Phi) is 6.05. The number of fused-ring (bicyclic) bond motifs is 1. The number of para-hydroxylation sites is 1. The van der Waals surface area contributed by atoms with Gasteiger partial charge in [0.1, 0.15) is 0 Å². The molecule has 4 nitrogen and oxygen atoms in total. The third-order valence-electron chi connectivity index (χ3n) is 4.90. The van der Waals surface area contributed by atoms with E-state index in [0.29, 0.717) is 6.04 Å². The van der Waals surface area contributed by atoms with E-state index in [1.807, 2.05) is 0 Å². The van der Waals surface area contributed by atoms with Crippen LogP contribution in [0.2, 0.25) is 0 Å². The van der Waals surface area contributed by atoms with Gasteiger partial charge in [0.15, 0.2) is 0 Å². The number of ether oxygens (including phenoxy) is 1. The normalized spacial score (nSPS) is 16.6. The van der Waals surface area contributed by atoms with Crippen molar-refractivity contribution in [3.63, 3.8) is 0 Å². The minimum absolute atomic E-state index is 0.555. The van der Waals surface area contributed by atoms with Crippen molar-refractivity contribution in [1.82, 2.24) is 9.88 Å². The number of piperidine rings is 1. The van der Waals surface area contributed by atoms with Crippen LogP contribution in [0.4, 0.5) is 5.69 Å². The molecule has 3 rings (SSSR count). The molecule has 1 aromatic carbocycles. The lowest BCUT2D eigenvalue weighted by molar-refractivity contribution is 0.159. The Morgan fingerprint density at radius 1 is 1.25 bits per heavy atom. The van der Waals surface area contributed by atoms with E-state index in [4.69, 9.17) is 9.72 Å². The van der Waals surface area contributed by atoms with Crippen LogP contribution < -0.4 is 5.32 Å². The second-order valence-electron chi connectivity index (χ2n) is 6.64. The summed E-state index contributed by atoms with van der Waals surface area (Å²) in [6.07, 6.45) is 4.50. The van der Waals surface area contributed by atoms with Gasteiger partial charge in [-0.3, -0.25) is 4.98 Å². The summed E-state index contributed by atoms with van der Waals surface area (Å²) in [5, 5.41) is 5.03. The predicted octanol–water partition coefficient (Wildman–Crippen LogP) is 3.71. The Hall–Kier alpha value is -1.65. The summed E-state index contributed by atoms with van der Waals surface area (Å²) >= 11 is 0. The first-order valence-corrected chi connectivity index (χ1v) is 9.16. The molecule has 130 valence electrons. The molecular formula is C20H29N3O. The smallest absolute Gasteiger partial charge is 0.0726 e. The minimum Gasteiger partial charge on any atom is -0.385 e. The zero-order chi connectivity index (χ0) is 16.8. The van der Waals surface area contributed by atoms with Crippen LogP contribution in [0.3, 0.4) is 0 Å². The first-order chi connectivity index (χ1) is 11.8. The van der Waals surface area contributed by atoms with Crippen LogP contribution in [0, 0.1) is 0 Å². The molecule has 1 aliphatic heterocycles. The molecule has 0 aliphatic carbocycles. The lowest BCUT2D eigenvalue weighted by Crippen LogP contribution is -2.39. The van der Waals surface area contributed by atoms with Gasteiger partial charge in [0, 0.05) is 56.2 Å². The zero-order valence-electron chi connectivity index (χ0n) is 14.9. The van der Waals surface area contributed by atoms with Gasteiger partial charge in [-0.15, -0.1) is 0 Å². The van der Waals surface area contributed by atoms with E-state index in [1.165, 1.54) is 37.0 Å². The Bertz CT molecular complexity index is 650. The molecule has 0 bridgehead atoms. The maximum absolute atomic E-state index is 5.15. The van der Waals surface area contributed by atoms with E-state index in [1.54, 1.807) is 7.11 Å². The van der Waals surface area contributed by atoms with Crippen molar-refractivity contribution >= 4 is 16.6 Å². The summed E-state index contributed by atoms with van der Waals surface area (Å²) in [6.45, 7) is 6.52. The third kappa shape index (κ3) is 4.25. The molecule has 4 heteroatoms. The fourth-order valence-corrected chi connectivity index (χ4v) is 3.48. The van der Waals surface area contributed by atoms with Crippen LogP contribution in [-0.4, -0.2) is 49.3 Å². The molecule has 1 saturated heterocycles. The van der Waals surface area contributed by atoms with E-state index in [9.17, 15) is 0 Å². The monoisotopic (exact) mass is 327 g/mol. The standard InChI is InChI=1S/C20H29N3O/c1-3-16-15-20(18-7-4-5-8-19(18)21-16)22-17-9-12-23(13-10-17)11-6-14-24-2/h4-5,7-8,15,17H,3,6,9-14H2,1-2H3,(H,21,22). The molecule has 0 unspecified atom stereocenters. The number of hydrogen-bond acceptors (Lipinski definition) is 4. The highest BCUT2D eigenvalue weighted by molar-refractivity contribution is 5.91. The van der Waals surface area contributed by atoms with Gasteiger partial charge in [-0.2, -0.15) is 0 Å². The topological polar surface area (TPSA) is 37.4 Å². The van der Waals surface area contributed by atoms with Gasteiger partial charge in [0.2, 0.25) is 0 Å². The van der Waals surface area contributed by atoms with Crippen molar-refractivity contribution in [3.8, 4) is 0 Å². The van der Waals surface area contributed by atoms with Gasteiger partial charge in [0.05, 0.1) is 5.52 Å². The van der Waals surface area contributed by atoms with Gasteiger partial charge < -0.3 is 15.0 Å². The Morgan fingerprint density at radius 2 is 2.04 bits per heavy atom. The maximum atomic E-state index is 5.15. The van der Waals surface area contributed by atoms with Crippen molar-refractivity contribution in [2.75, 3.05) is 38.7 Å². The molecule has 1 fully saturated rings. The third-order valence-corrected chi connectivity index (χ3v) is 4.90. The van der Waals surface area contributed by atoms with Crippen LogP contribution in [0.5, 0.6) is 0 Å². The van der Waals surface area contributed by atoms with Crippen LogP contribution in [0.25, 0.3) is 10.9 Å². The average molecular weight is 327 g/mol. The van der Waals surface area contributed by atoms with E-state index >= 15 is 0 Å². The summed E-state index contributed by atoms with van der Waals surface area (Å²) in [4.78, 5) is 7.30. The van der Waals surface area contributed by atoms with E-state index in [0.717, 1.165) is 37.2 Å². The second kappa shape index (κ2) is 8.45. The largest absolute Gasteiger partial charge is 0.385 e. The molecule has 0 atom stereocenters. The minimum atomic E-state index is 0.555. The van der Waals surface area contributed by atoms with Crippen LogP contribution in [-0.2, 0) is 11.2 Å². The van der Waals surface area contributed by atoms with Crippen LogP contribution >= 0.6 is 0 Å². The quantitative estimate of drug-likeness (QED) is 0.787. The molecule has 1 aliphatic rings. The first-order valence-electron chi connectivity index (χ1n) is 9.16. The van der Waals surface area contributed by atoms with Crippen molar-refractivity contribution in [2.45, 2.75) is 38.6 Å². The highest BCUT2D eigenvalue weighted by atomic mass is 16.5. The number of aromatic nitrogens is 1. The number of nitrogens with one attached hydrogen (secondary N) is 1. The summed E-state index contributed by atoms with van der Waals surface area (Å²) in [5.74, 6) is 0. The van der Waals surface area contributed by atoms with Gasteiger partial charge >= 0.3 is 0 Å². The molecular weight excluding hydrogens is 298 g/mol. The summed E-state index contributed by atoms with van der Waals surface area (Å²) in [6, 6.07) is 11.2. The zero-order valence-corrected chi connectivity index (χ0v) is 14.9. The van der Waals surface area contributed by atoms with Crippen molar-refractivity contribution in [3.05, 3.63) is 36.0 Å². The molecule has 0 amide bonds. The van der Waals surface area contributed by atoms with Gasteiger partial charge in [0.25, 0.3) is 0 Å². The average Bonchev–Trinajstić information content (AvgIpc) is 2.63. The SMILES string of the molecule is CCc1cc(NC2CCN(CCCOC)CC2)c2ccccc2n1. The summed E-state index contributed by atoms with van der Waals surface area (Å²) in [7, 11) is 1.78. The Morgan fingerprint density at radius 3 is 2.79 bits per heavy atom. The predicted molar refractivity (Wildman–Crippen MR) is 101 cm³/mol. The van der Waals surface area contributed by atoms with E-state index < -0.39 is 0 Å². The molecule has 2 aromatic rings. The van der Waals surface area contributed by atoms with Gasteiger partial charge in [-0.1, -0.05) is 25.1 Å². The number of anilines is 1. The van der Waals surface area contributed by atoms with Crippen molar-refractivity contribution < 1.29 is 4.74 Å². The van der Waals surface area contributed by atoms with Crippen molar-refractivity contribution in [1.29, 1.82) is 0 Å². The van der Waals surface area contributed by atoms with Crippen LogP contribution in [0.1, 0.15) is 31.9 Å². The molecule has 2 heterocycles. The summed E-state index contributed by atoms with van der Waals surface area (Å²) < 4.78 is 5.15. The summed E-state index contributed by atoms with van der Waals surface area (Å²) in [5.41, 5.74) is 3.50. The fourth-order valence-electron chi connectivity index (χ4n) is 3.48. The van der Waals surface area contributed by atoms with Gasteiger partial charge in [-0.05, 0) is 37.8 Å². The maximum Gasteiger partial charge on any atom is 0.0726 e. The number of benzene rings is 1. The Balaban J connectivity index is 1.64. The lowest BCUT2D eigenvalue weighted by atomic mass is 10.0. The number of methoxy groups -OCH3 is 1. The van der Waals surface area contributed by atoms with E-state index in [2.05, 4.69) is 47.5 Å². The van der Waals surface area contributed by atoms with Crippen molar-refractivity contribution in [2.24, 2.45) is 0 Å². The first kappa shape index (κ1) is 17.2. The highest BCUT2D eigenvalue weighted by Gasteiger charge is 2.19. The number of likely N-dealkylation sites (tertiary alicyclic amines) is 1.